The van der Waals surface area contributed by atoms with Crippen molar-refractivity contribution >= 4 is 22.7 Å². The predicted molar refractivity (Wildman–Crippen MR) is 154 cm³/mol. The van der Waals surface area contributed by atoms with Crippen molar-refractivity contribution in [2.24, 2.45) is 5.92 Å². The summed E-state index contributed by atoms with van der Waals surface area (Å²) in [6.45, 7) is 4.84. The van der Waals surface area contributed by atoms with Crippen LogP contribution in [-0.2, 0) is 17.6 Å². The summed E-state index contributed by atoms with van der Waals surface area (Å²) in [6.07, 6.45) is 25.8. The molecule has 1 fully saturated rings. The molecule has 0 bridgehead atoms. The van der Waals surface area contributed by atoms with Gasteiger partial charge in [0.1, 0.15) is 23.2 Å². The Morgan fingerprint density at radius 1 is 0.816 bits per heavy atom. The van der Waals surface area contributed by atoms with Gasteiger partial charge in [0.05, 0.1) is 0 Å². The minimum atomic E-state index is 0.227. The molecule has 1 aromatic heterocycles. The van der Waals surface area contributed by atoms with Gasteiger partial charge in [-0.2, -0.15) is 0 Å². The third-order valence-electron chi connectivity index (χ3n) is 9.46. The quantitative estimate of drug-likeness (QED) is 0.394. The van der Waals surface area contributed by atoms with Crippen molar-refractivity contribution < 1.29 is 9.15 Å². The van der Waals surface area contributed by atoms with Crippen molar-refractivity contribution in [3.05, 3.63) is 82.0 Å². The van der Waals surface area contributed by atoms with Crippen molar-refractivity contribution in [3.63, 3.8) is 0 Å². The lowest BCUT2D eigenvalue weighted by Crippen LogP contribution is -2.39. The normalized spacial score (nSPS) is 26.0. The van der Waals surface area contributed by atoms with Gasteiger partial charge in [-0.25, -0.2) is 0 Å². The van der Waals surface area contributed by atoms with Crippen LogP contribution in [0.3, 0.4) is 0 Å². The third-order valence-corrected chi connectivity index (χ3v) is 9.46. The molecule has 1 aliphatic carbocycles. The van der Waals surface area contributed by atoms with Crippen LogP contribution >= 0.6 is 0 Å². The van der Waals surface area contributed by atoms with Crippen LogP contribution in [0, 0.1) is 5.92 Å². The minimum Gasteiger partial charge on any atom is -0.485 e. The number of unbranched alkanes of at least 4 members (excludes halogenated alkanes) is 1. The number of furan rings is 1. The van der Waals surface area contributed by atoms with Crippen LogP contribution in [0.15, 0.2) is 69.5 Å². The number of ether oxygens (including phenoxy) is 1. The van der Waals surface area contributed by atoms with Crippen LogP contribution in [0.25, 0.3) is 17.0 Å². The molecule has 2 unspecified atom stereocenters. The summed E-state index contributed by atoms with van der Waals surface area (Å²) in [6, 6.07) is 4.62. The molecule has 196 valence electrons. The molecule has 8 rings (SSSR count). The Kier molecular flexibility index (Phi) is 5.55. The first-order valence-electron chi connectivity index (χ1n) is 15.1. The first-order valence-corrected chi connectivity index (χ1v) is 15.1. The van der Waals surface area contributed by atoms with Gasteiger partial charge in [0.15, 0.2) is 0 Å². The van der Waals surface area contributed by atoms with Gasteiger partial charge in [0, 0.05) is 54.4 Å². The Labute approximate surface area is 226 Å². The summed E-state index contributed by atoms with van der Waals surface area (Å²) < 4.78 is 12.9. The fourth-order valence-corrected chi connectivity index (χ4v) is 7.91. The summed E-state index contributed by atoms with van der Waals surface area (Å²) >= 11 is 0. The zero-order chi connectivity index (χ0) is 25.1. The largest absolute Gasteiger partial charge is 0.485 e. The average molecular weight is 507 g/mol. The molecular weight excluding hydrogens is 468 g/mol. The number of hydrogen-bond donors (Lipinski definition) is 0. The van der Waals surface area contributed by atoms with Gasteiger partial charge in [-0.15, -0.1) is 0 Å². The summed E-state index contributed by atoms with van der Waals surface area (Å²) in [4.78, 5) is 5.21. The number of benzene rings is 1. The number of nitrogens with zero attached hydrogens (tertiary/aromatic N) is 2. The lowest BCUT2D eigenvalue weighted by Gasteiger charge is -2.43. The van der Waals surface area contributed by atoms with Crippen LogP contribution in [0.5, 0.6) is 0 Å². The van der Waals surface area contributed by atoms with Crippen molar-refractivity contribution in [2.75, 3.05) is 31.1 Å². The monoisotopic (exact) mass is 506 g/mol. The zero-order valence-corrected chi connectivity index (χ0v) is 22.4. The molecule has 0 N–H and O–H groups in total. The van der Waals surface area contributed by atoms with E-state index in [-0.39, 0.29) is 6.10 Å². The average Bonchev–Trinajstić information content (AvgIpc) is 3.55. The van der Waals surface area contributed by atoms with Gasteiger partial charge in [-0.05, 0) is 111 Å². The van der Waals surface area contributed by atoms with E-state index in [9.17, 15) is 0 Å². The van der Waals surface area contributed by atoms with Crippen molar-refractivity contribution in [1.29, 1.82) is 0 Å². The Bertz CT molecular complexity index is 1430. The van der Waals surface area contributed by atoms with Crippen LogP contribution in [0.1, 0.15) is 68.3 Å². The Balaban J connectivity index is 0.919. The van der Waals surface area contributed by atoms with Crippen LogP contribution in [-0.4, -0.2) is 37.2 Å². The second kappa shape index (κ2) is 9.25. The maximum atomic E-state index is 6.49. The number of piperidine rings is 1. The van der Waals surface area contributed by atoms with Gasteiger partial charge in [-0.3, -0.25) is 0 Å². The Morgan fingerprint density at radius 3 is 2.53 bits per heavy atom. The predicted octanol–water partition coefficient (Wildman–Crippen LogP) is 7.46. The molecule has 0 amide bonds. The maximum Gasteiger partial charge on any atom is 0.140 e. The smallest absolute Gasteiger partial charge is 0.140 e. The number of anilines is 1. The van der Waals surface area contributed by atoms with E-state index in [1.165, 1.54) is 93.3 Å². The molecule has 0 spiro atoms. The summed E-state index contributed by atoms with van der Waals surface area (Å²) in [7, 11) is 0. The van der Waals surface area contributed by atoms with E-state index in [0.29, 0.717) is 5.92 Å². The molecule has 6 heterocycles. The van der Waals surface area contributed by atoms with E-state index in [4.69, 9.17) is 9.15 Å². The van der Waals surface area contributed by atoms with E-state index in [1.807, 2.05) is 0 Å². The number of allylic oxidation sites excluding steroid dienone is 4. The molecule has 5 aliphatic heterocycles. The molecule has 4 heteroatoms. The van der Waals surface area contributed by atoms with Gasteiger partial charge in [0.2, 0.25) is 0 Å². The van der Waals surface area contributed by atoms with E-state index in [0.717, 1.165) is 36.4 Å². The van der Waals surface area contributed by atoms with Crippen molar-refractivity contribution in [2.45, 2.75) is 70.3 Å². The topological polar surface area (TPSA) is 28.9 Å². The molecule has 4 nitrogen and oxygen atoms in total. The number of rotatable bonds is 5. The first-order chi connectivity index (χ1) is 18.8. The zero-order valence-electron chi connectivity index (χ0n) is 22.4. The highest BCUT2D eigenvalue weighted by Gasteiger charge is 2.40. The standard InChI is InChI=1S/C34H38N2O2/c1(3-11-27-21-25-19-23-9-5-15-35-17-7-13-29(31(23)35)33(25)37-27)2-4-12-28-22-26-20-24-10-6-16-36-18-8-14-30(32(24)36)34(26)38-28/h3-4,11-12,19-22,25,33H,1-2,5-10,13-18H2/b11-3+,12-4+. The summed E-state index contributed by atoms with van der Waals surface area (Å²) in [5.41, 5.74) is 10.3. The fraction of sp³-hybridized carbons (Fsp3) is 0.471. The lowest BCUT2D eigenvalue weighted by molar-refractivity contribution is 0.143. The van der Waals surface area contributed by atoms with Crippen LogP contribution in [0.4, 0.5) is 5.69 Å². The number of fused-ring (bicyclic) bond motifs is 4. The third kappa shape index (κ3) is 3.79. The molecule has 0 saturated carbocycles. The SMILES string of the molecule is C1=C(/C=C/CC/C=C/c2cc3cc4c5c(c3o2)CCCN5CCC4)OC2C3=C4C(=CC12)CCCN4CCC3. The minimum absolute atomic E-state index is 0.227. The second-order valence-corrected chi connectivity index (χ2v) is 12.0. The molecule has 38 heavy (non-hydrogen) atoms. The van der Waals surface area contributed by atoms with Gasteiger partial charge in [-0.1, -0.05) is 18.2 Å². The second-order valence-electron chi connectivity index (χ2n) is 12.0. The lowest BCUT2D eigenvalue weighted by atomic mass is 9.79. The molecule has 2 atom stereocenters. The molecule has 1 saturated heterocycles. The maximum absolute atomic E-state index is 6.49. The Morgan fingerprint density at radius 2 is 1.61 bits per heavy atom. The van der Waals surface area contributed by atoms with Crippen LogP contribution in [0.2, 0.25) is 0 Å². The van der Waals surface area contributed by atoms with E-state index < -0.39 is 0 Å². The molecule has 1 aromatic carbocycles. The fourth-order valence-electron chi connectivity index (χ4n) is 7.91. The van der Waals surface area contributed by atoms with Crippen LogP contribution < -0.4 is 4.90 Å². The number of aryl methyl sites for hydroxylation is 2. The highest BCUT2D eigenvalue weighted by molar-refractivity contribution is 5.90. The highest BCUT2D eigenvalue weighted by Crippen LogP contribution is 2.46. The molecule has 0 radical (unpaired) electrons. The Hall–Kier alpha value is -3.14. The first kappa shape index (κ1) is 22.8. The van der Waals surface area contributed by atoms with Crippen molar-refractivity contribution in [3.8, 4) is 0 Å². The highest BCUT2D eigenvalue weighted by atomic mass is 16.5. The molecule has 6 aliphatic rings. The summed E-state index contributed by atoms with van der Waals surface area (Å²) in [5, 5.41) is 1.28. The van der Waals surface area contributed by atoms with Crippen molar-refractivity contribution in [1.82, 2.24) is 4.90 Å². The number of hydrogen-bond acceptors (Lipinski definition) is 4. The van der Waals surface area contributed by atoms with E-state index in [2.05, 4.69) is 58.4 Å². The van der Waals surface area contributed by atoms with E-state index >= 15 is 0 Å². The summed E-state index contributed by atoms with van der Waals surface area (Å²) in [5.74, 6) is 2.45. The van der Waals surface area contributed by atoms with Gasteiger partial charge < -0.3 is 19.0 Å². The molecular formula is C34H38N2O2. The van der Waals surface area contributed by atoms with Gasteiger partial charge >= 0.3 is 0 Å². The molecule has 2 aromatic rings. The van der Waals surface area contributed by atoms with E-state index in [1.54, 1.807) is 16.8 Å². The van der Waals surface area contributed by atoms with Gasteiger partial charge in [0.25, 0.3) is 0 Å².